The normalized spacial score (nSPS) is 10.5. The monoisotopic (exact) mass is 458 g/mol. The average molecular weight is 458 g/mol. The SMILES string of the molecule is CCOc1ccccc1-c1noc(COC(=O)c2ccc(-c3ccc(OC(C)=O)cc3)cc2)n1. The van der Waals surface area contributed by atoms with Crippen LogP contribution in [-0.2, 0) is 16.1 Å². The van der Waals surface area contributed by atoms with Crippen molar-refractivity contribution in [2.24, 2.45) is 0 Å². The predicted molar refractivity (Wildman–Crippen MR) is 123 cm³/mol. The number of hydrogen-bond donors (Lipinski definition) is 0. The van der Waals surface area contributed by atoms with Gasteiger partial charge in [0.05, 0.1) is 17.7 Å². The highest BCUT2D eigenvalue weighted by molar-refractivity contribution is 5.90. The summed E-state index contributed by atoms with van der Waals surface area (Å²) in [6.45, 7) is 3.61. The Morgan fingerprint density at radius 2 is 1.59 bits per heavy atom. The van der Waals surface area contributed by atoms with Gasteiger partial charge in [-0.15, -0.1) is 0 Å². The summed E-state index contributed by atoms with van der Waals surface area (Å²) in [7, 11) is 0. The molecule has 172 valence electrons. The quantitative estimate of drug-likeness (QED) is 0.266. The number of hydrogen-bond acceptors (Lipinski definition) is 8. The molecule has 0 N–H and O–H groups in total. The van der Waals surface area contributed by atoms with Gasteiger partial charge in [0.25, 0.3) is 5.89 Å². The fourth-order valence-corrected chi connectivity index (χ4v) is 3.25. The Balaban J connectivity index is 1.37. The molecule has 0 aliphatic carbocycles. The lowest BCUT2D eigenvalue weighted by Crippen LogP contribution is -2.05. The molecule has 8 nitrogen and oxygen atoms in total. The summed E-state index contributed by atoms with van der Waals surface area (Å²) >= 11 is 0. The van der Waals surface area contributed by atoms with E-state index in [0.29, 0.717) is 35.1 Å². The standard InChI is InChI=1S/C26H22N2O6/c1-3-31-23-7-5-4-6-22(23)25-27-24(34-28-25)16-32-26(30)20-10-8-18(9-11-20)19-12-14-21(15-13-19)33-17(2)29/h4-15H,3,16H2,1-2H3. The van der Waals surface area contributed by atoms with Gasteiger partial charge in [0, 0.05) is 6.92 Å². The van der Waals surface area contributed by atoms with E-state index in [1.165, 1.54) is 6.92 Å². The van der Waals surface area contributed by atoms with E-state index in [1.54, 1.807) is 24.3 Å². The fourth-order valence-electron chi connectivity index (χ4n) is 3.25. The van der Waals surface area contributed by atoms with Gasteiger partial charge in [-0.2, -0.15) is 4.98 Å². The van der Waals surface area contributed by atoms with Gasteiger partial charge in [0.2, 0.25) is 5.82 Å². The van der Waals surface area contributed by atoms with E-state index in [9.17, 15) is 9.59 Å². The van der Waals surface area contributed by atoms with Crippen molar-refractivity contribution in [2.75, 3.05) is 6.61 Å². The Hall–Kier alpha value is -4.46. The molecule has 0 spiro atoms. The molecule has 0 saturated heterocycles. The maximum Gasteiger partial charge on any atom is 0.338 e. The molecule has 34 heavy (non-hydrogen) atoms. The number of esters is 2. The highest BCUT2D eigenvalue weighted by atomic mass is 16.6. The molecule has 0 radical (unpaired) electrons. The molecule has 0 aliphatic rings. The van der Waals surface area contributed by atoms with Crippen molar-refractivity contribution in [3.8, 4) is 34.0 Å². The van der Waals surface area contributed by atoms with Crippen molar-refractivity contribution >= 4 is 11.9 Å². The minimum Gasteiger partial charge on any atom is -0.493 e. The second-order valence-corrected chi connectivity index (χ2v) is 7.21. The van der Waals surface area contributed by atoms with Gasteiger partial charge in [0.15, 0.2) is 6.61 Å². The Kier molecular flexibility index (Phi) is 6.98. The third kappa shape index (κ3) is 5.47. The van der Waals surface area contributed by atoms with Crippen LogP contribution in [0.1, 0.15) is 30.1 Å². The Labute approximate surface area is 196 Å². The summed E-state index contributed by atoms with van der Waals surface area (Å²) in [5.74, 6) is 0.782. The van der Waals surface area contributed by atoms with Crippen molar-refractivity contribution in [1.29, 1.82) is 0 Å². The van der Waals surface area contributed by atoms with Crippen molar-refractivity contribution in [3.63, 3.8) is 0 Å². The minimum atomic E-state index is -0.508. The summed E-state index contributed by atoms with van der Waals surface area (Å²) in [4.78, 5) is 27.8. The maximum atomic E-state index is 12.4. The van der Waals surface area contributed by atoms with Crippen molar-refractivity contribution in [2.45, 2.75) is 20.5 Å². The third-order valence-electron chi connectivity index (χ3n) is 4.79. The summed E-state index contributed by atoms with van der Waals surface area (Å²) in [6.07, 6.45) is 0. The number of para-hydroxylation sites is 1. The maximum absolute atomic E-state index is 12.4. The molecule has 8 heteroatoms. The summed E-state index contributed by atoms with van der Waals surface area (Å²) in [5, 5.41) is 3.96. The first-order chi connectivity index (χ1) is 16.5. The van der Waals surface area contributed by atoms with Gasteiger partial charge < -0.3 is 18.7 Å². The number of carbonyl (C=O) groups is 2. The molecule has 0 bridgehead atoms. The molecule has 4 aromatic rings. The fraction of sp³-hybridized carbons (Fsp3) is 0.154. The molecule has 1 aromatic heterocycles. The second kappa shape index (κ2) is 10.4. The minimum absolute atomic E-state index is 0.151. The first-order valence-corrected chi connectivity index (χ1v) is 10.6. The van der Waals surface area contributed by atoms with Crippen LogP contribution in [0.25, 0.3) is 22.5 Å². The molecule has 0 aliphatic heterocycles. The molecule has 0 amide bonds. The van der Waals surface area contributed by atoms with E-state index in [4.69, 9.17) is 18.7 Å². The molecule has 1 heterocycles. The summed E-state index contributed by atoms with van der Waals surface area (Å²) in [6, 6.07) is 21.4. The number of rotatable bonds is 8. The van der Waals surface area contributed by atoms with Gasteiger partial charge in [-0.05, 0) is 54.4 Å². The van der Waals surface area contributed by atoms with Gasteiger partial charge in [-0.1, -0.05) is 41.6 Å². The van der Waals surface area contributed by atoms with Gasteiger partial charge >= 0.3 is 11.9 Å². The van der Waals surface area contributed by atoms with Crippen LogP contribution in [0.2, 0.25) is 0 Å². The number of ether oxygens (including phenoxy) is 3. The van der Waals surface area contributed by atoms with Gasteiger partial charge in [-0.25, -0.2) is 4.79 Å². The van der Waals surface area contributed by atoms with Crippen molar-refractivity contribution < 1.29 is 28.3 Å². The van der Waals surface area contributed by atoms with Crippen LogP contribution in [0.4, 0.5) is 0 Å². The Morgan fingerprint density at radius 3 is 2.26 bits per heavy atom. The van der Waals surface area contributed by atoms with Crippen LogP contribution in [-0.4, -0.2) is 28.7 Å². The first-order valence-electron chi connectivity index (χ1n) is 10.6. The number of aromatic nitrogens is 2. The zero-order valence-electron chi connectivity index (χ0n) is 18.7. The molecule has 4 rings (SSSR count). The lowest BCUT2D eigenvalue weighted by molar-refractivity contribution is -0.131. The molecule has 0 saturated carbocycles. The van der Waals surface area contributed by atoms with Crippen LogP contribution in [0.5, 0.6) is 11.5 Å². The van der Waals surface area contributed by atoms with E-state index in [2.05, 4.69) is 10.1 Å². The number of carbonyl (C=O) groups excluding carboxylic acids is 2. The Morgan fingerprint density at radius 1 is 0.912 bits per heavy atom. The lowest BCUT2D eigenvalue weighted by Gasteiger charge is -2.06. The predicted octanol–water partition coefficient (Wildman–Crippen LogP) is 5.08. The number of nitrogens with zero attached hydrogens (tertiary/aromatic N) is 2. The van der Waals surface area contributed by atoms with E-state index in [-0.39, 0.29) is 18.5 Å². The van der Waals surface area contributed by atoms with Crippen LogP contribution >= 0.6 is 0 Å². The highest BCUT2D eigenvalue weighted by Crippen LogP contribution is 2.28. The lowest BCUT2D eigenvalue weighted by atomic mass is 10.0. The largest absolute Gasteiger partial charge is 0.493 e. The van der Waals surface area contributed by atoms with Crippen LogP contribution in [0.3, 0.4) is 0 Å². The molecular formula is C26H22N2O6. The first kappa shape index (κ1) is 22.7. The zero-order valence-corrected chi connectivity index (χ0v) is 18.7. The smallest absolute Gasteiger partial charge is 0.338 e. The topological polar surface area (TPSA) is 101 Å². The Bertz CT molecular complexity index is 1280. The summed E-state index contributed by atoms with van der Waals surface area (Å²) in [5.41, 5.74) is 2.91. The van der Waals surface area contributed by atoms with Crippen LogP contribution in [0.15, 0.2) is 77.3 Å². The van der Waals surface area contributed by atoms with Gasteiger partial charge in [0.1, 0.15) is 11.5 Å². The highest BCUT2D eigenvalue weighted by Gasteiger charge is 2.15. The van der Waals surface area contributed by atoms with Crippen molar-refractivity contribution in [1.82, 2.24) is 10.1 Å². The van der Waals surface area contributed by atoms with E-state index in [1.807, 2.05) is 55.5 Å². The van der Waals surface area contributed by atoms with Crippen molar-refractivity contribution in [3.05, 3.63) is 84.3 Å². The van der Waals surface area contributed by atoms with Crippen LogP contribution < -0.4 is 9.47 Å². The number of benzene rings is 3. The second-order valence-electron chi connectivity index (χ2n) is 7.21. The van der Waals surface area contributed by atoms with Gasteiger partial charge in [-0.3, -0.25) is 4.79 Å². The molecule has 0 fully saturated rings. The van der Waals surface area contributed by atoms with E-state index in [0.717, 1.165) is 11.1 Å². The average Bonchev–Trinajstić information content (AvgIpc) is 3.32. The third-order valence-corrected chi connectivity index (χ3v) is 4.79. The molecular weight excluding hydrogens is 436 g/mol. The summed E-state index contributed by atoms with van der Waals surface area (Å²) < 4.78 is 21.2. The van der Waals surface area contributed by atoms with E-state index >= 15 is 0 Å². The molecule has 0 unspecified atom stereocenters. The molecule has 0 atom stereocenters. The van der Waals surface area contributed by atoms with Crippen LogP contribution in [0, 0.1) is 0 Å². The molecule has 3 aromatic carbocycles. The zero-order chi connectivity index (χ0) is 23.9. The van der Waals surface area contributed by atoms with E-state index < -0.39 is 5.97 Å².